The standard InChI is InChI=1S/C23H20ClN5O2S/c1-29(16-9-7-15(24)8-10-16)14-21-27-28-23(32-21)26-22(30)18-11-12-25-13-19(18)17-5-3-4-6-20(17)31-2/h3-13H,14H2,1-2H3,(H,26,28,30). The maximum Gasteiger partial charge on any atom is 0.258 e. The van der Waals surface area contributed by atoms with Crippen molar-refractivity contribution in [3.05, 3.63) is 82.6 Å². The number of carbonyl (C=O) groups is 1. The second-order valence-electron chi connectivity index (χ2n) is 6.91. The molecule has 1 N–H and O–H groups in total. The van der Waals surface area contributed by atoms with Crippen LogP contribution in [-0.2, 0) is 6.54 Å². The zero-order valence-corrected chi connectivity index (χ0v) is 19.0. The zero-order valence-electron chi connectivity index (χ0n) is 17.4. The Hall–Kier alpha value is -3.49. The third kappa shape index (κ3) is 4.87. The van der Waals surface area contributed by atoms with Crippen molar-refractivity contribution in [3.8, 4) is 16.9 Å². The molecular weight excluding hydrogens is 446 g/mol. The molecule has 32 heavy (non-hydrogen) atoms. The molecule has 0 atom stereocenters. The Kier molecular flexibility index (Phi) is 6.63. The highest BCUT2D eigenvalue weighted by atomic mass is 35.5. The van der Waals surface area contributed by atoms with Crippen LogP contribution in [0.5, 0.6) is 5.75 Å². The van der Waals surface area contributed by atoms with Crippen LogP contribution in [0.2, 0.25) is 5.02 Å². The number of methoxy groups -OCH3 is 1. The van der Waals surface area contributed by atoms with Gasteiger partial charge in [-0.25, -0.2) is 0 Å². The van der Waals surface area contributed by atoms with E-state index < -0.39 is 0 Å². The molecule has 0 radical (unpaired) electrons. The number of nitrogens with one attached hydrogen (secondary N) is 1. The first-order chi connectivity index (χ1) is 15.5. The summed E-state index contributed by atoms with van der Waals surface area (Å²) >= 11 is 7.29. The minimum absolute atomic E-state index is 0.290. The van der Waals surface area contributed by atoms with E-state index in [2.05, 4.69) is 20.5 Å². The summed E-state index contributed by atoms with van der Waals surface area (Å²) < 4.78 is 5.44. The number of nitrogens with zero attached hydrogens (tertiary/aromatic N) is 4. The molecule has 2 heterocycles. The number of hydrogen-bond donors (Lipinski definition) is 1. The van der Waals surface area contributed by atoms with Crippen molar-refractivity contribution >= 4 is 39.7 Å². The van der Waals surface area contributed by atoms with Gasteiger partial charge in [-0.1, -0.05) is 41.1 Å². The van der Waals surface area contributed by atoms with Crippen molar-refractivity contribution in [2.45, 2.75) is 6.54 Å². The van der Waals surface area contributed by atoms with Gasteiger partial charge >= 0.3 is 0 Å². The minimum Gasteiger partial charge on any atom is -0.496 e. The van der Waals surface area contributed by atoms with Gasteiger partial charge in [0.15, 0.2) is 0 Å². The van der Waals surface area contributed by atoms with Crippen molar-refractivity contribution in [3.63, 3.8) is 0 Å². The average molecular weight is 466 g/mol. The van der Waals surface area contributed by atoms with E-state index >= 15 is 0 Å². The first-order valence-electron chi connectivity index (χ1n) is 9.73. The molecule has 0 bridgehead atoms. The maximum absolute atomic E-state index is 13.0. The largest absolute Gasteiger partial charge is 0.496 e. The van der Waals surface area contributed by atoms with E-state index in [0.29, 0.717) is 33.6 Å². The number of halogens is 1. The van der Waals surface area contributed by atoms with Crippen LogP contribution in [0, 0.1) is 0 Å². The van der Waals surface area contributed by atoms with E-state index in [0.717, 1.165) is 16.3 Å². The normalized spacial score (nSPS) is 10.6. The lowest BCUT2D eigenvalue weighted by Crippen LogP contribution is -2.15. The molecule has 4 aromatic rings. The lowest BCUT2D eigenvalue weighted by atomic mass is 10.0. The van der Waals surface area contributed by atoms with Gasteiger partial charge in [0.1, 0.15) is 10.8 Å². The fraction of sp³-hybridized carbons (Fsp3) is 0.130. The summed E-state index contributed by atoms with van der Waals surface area (Å²) in [5.74, 6) is 0.375. The molecule has 2 aromatic heterocycles. The molecule has 0 fully saturated rings. The summed E-state index contributed by atoms with van der Waals surface area (Å²) in [6.07, 6.45) is 3.24. The lowest BCUT2D eigenvalue weighted by Gasteiger charge is -2.17. The fourth-order valence-corrected chi connectivity index (χ4v) is 4.11. The summed E-state index contributed by atoms with van der Waals surface area (Å²) in [6.45, 7) is 0.552. The maximum atomic E-state index is 13.0. The van der Waals surface area contributed by atoms with Gasteiger partial charge in [-0.3, -0.25) is 15.1 Å². The average Bonchev–Trinajstić information content (AvgIpc) is 3.25. The highest BCUT2D eigenvalue weighted by Gasteiger charge is 2.18. The Bertz CT molecular complexity index is 1230. The van der Waals surface area contributed by atoms with Crippen LogP contribution in [0.15, 0.2) is 67.0 Å². The molecule has 0 saturated carbocycles. The van der Waals surface area contributed by atoms with Crippen molar-refractivity contribution in [1.29, 1.82) is 0 Å². The van der Waals surface area contributed by atoms with E-state index in [1.807, 2.05) is 60.5 Å². The van der Waals surface area contributed by atoms with Gasteiger partial charge in [-0.05, 0) is 36.4 Å². The van der Waals surface area contributed by atoms with Crippen molar-refractivity contribution in [2.75, 3.05) is 24.4 Å². The van der Waals surface area contributed by atoms with Crippen LogP contribution >= 0.6 is 22.9 Å². The zero-order chi connectivity index (χ0) is 22.5. The van der Waals surface area contributed by atoms with Crippen LogP contribution in [0.1, 0.15) is 15.4 Å². The third-order valence-corrected chi connectivity index (χ3v) is 5.87. The van der Waals surface area contributed by atoms with E-state index in [9.17, 15) is 4.79 Å². The Morgan fingerprint density at radius 3 is 2.66 bits per heavy atom. The van der Waals surface area contributed by atoms with E-state index in [4.69, 9.17) is 16.3 Å². The van der Waals surface area contributed by atoms with Crippen molar-refractivity contribution in [2.24, 2.45) is 0 Å². The van der Waals surface area contributed by atoms with Gasteiger partial charge in [-0.2, -0.15) is 0 Å². The smallest absolute Gasteiger partial charge is 0.258 e. The number of pyridine rings is 1. The number of amides is 1. The first-order valence-corrected chi connectivity index (χ1v) is 10.9. The lowest BCUT2D eigenvalue weighted by molar-refractivity contribution is 0.102. The van der Waals surface area contributed by atoms with Crippen molar-refractivity contribution in [1.82, 2.24) is 15.2 Å². The third-order valence-electron chi connectivity index (χ3n) is 4.79. The van der Waals surface area contributed by atoms with Gasteiger partial charge in [0, 0.05) is 41.3 Å². The first kappa shape index (κ1) is 21.7. The number of carbonyl (C=O) groups excluding carboxylic acids is 1. The van der Waals surface area contributed by atoms with Gasteiger partial charge < -0.3 is 9.64 Å². The monoisotopic (exact) mass is 465 g/mol. The highest BCUT2D eigenvalue weighted by Crippen LogP contribution is 2.32. The van der Waals surface area contributed by atoms with Crippen molar-refractivity contribution < 1.29 is 9.53 Å². The van der Waals surface area contributed by atoms with E-state index in [1.165, 1.54) is 11.3 Å². The molecule has 1 amide bonds. The number of anilines is 2. The highest BCUT2D eigenvalue weighted by molar-refractivity contribution is 7.15. The summed E-state index contributed by atoms with van der Waals surface area (Å²) in [4.78, 5) is 19.2. The fourth-order valence-electron chi connectivity index (χ4n) is 3.20. The number of hydrogen-bond acceptors (Lipinski definition) is 7. The van der Waals surface area contributed by atoms with Crippen LogP contribution in [0.4, 0.5) is 10.8 Å². The molecule has 7 nitrogen and oxygen atoms in total. The molecule has 0 spiro atoms. The Labute approximate surface area is 194 Å². The second-order valence-corrected chi connectivity index (χ2v) is 8.41. The summed E-state index contributed by atoms with van der Waals surface area (Å²) in [7, 11) is 3.55. The molecule has 4 rings (SSSR count). The minimum atomic E-state index is -0.290. The SMILES string of the molecule is COc1ccccc1-c1cnccc1C(=O)Nc1nnc(CN(C)c2ccc(Cl)cc2)s1. The van der Waals surface area contributed by atoms with E-state index in [1.54, 1.807) is 25.6 Å². The molecule has 9 heteroatoms. The van der Waals surface area contributed by atoms with Crippen LogP contribution in [-0.4, -0.2) is 35.2 Å². The molecular formula is C23H20ClN5O2S. The molecule has 2 aromatic carbocycles. The Balaban J connectivity index is 1.50. The number of aromatic nitrogens is 3. The number of rotatable bonds is 7. The Morgan fingerprint density at radius 2 is 1.88 bits per heavy atom. The molecule has 162 valence electrons. The molecule has 0 aliphatic heterocycles. The molecule has 0 aliphatic rings. The van der Waals surface area contributed by atoms with Gasteiger partial charge in [0.25, 0.3) is 5.91 Å². The number of benzene rings is 2. The molecule has 0 saturated heterocycles. The molecule has 0 aliphatic carbocycles. The second kappa shape index (κ2) is 9.76. The van der Waals surface area contributed by atoms with Crippen LogP contribution in [0.3, 0.4) is 0 Å². The predicted octanol–water partition coefficient (Wildman–Crippen LogP) is 5.15. The Morgan fingerprint density at radius 1 is 1.09 bits per heavy atom. The molecule has 0 unspecified atom stereocenters. The summed E-state index contributed by atoms with van der Waals surface area (Å²) in [6, 6.07) is 16.7. The predicted molar refractivity (Wildman–Crippen MR) is 128 cm³/mol. The van der Waals surface area contributed by atoms with Gasteiger partial charge in [-0.15, -0.1) is 10.2 Å². The quantitative estimate of drug-likeness (QED) is 0.406. The number of para-hydroxylation sites is 1. The summed E-state index contributed by atoms with van der Waals surface area (Å²) in [5.41, 5.74) is 2.94. The van der Waals surface area contributed by atoms with Crippen LogP contribution < -0.4 is 15.0 Å². The van der Waals surface area contributed by atoms with E-state index in [-0.39, 0.29) is 5.91 Å². The van der Waals surface area contributed by atoms with Gasteiger partial charge in [0.2, 0.25) is 5.13 Å². The van der Waals surface area contributed by atoms with Crippen LogP contribution in [0.25, 0.3) is 11.1 Å². The number of ether oxygens (including phenoxy) is 1. The summed E-state index contributed by atoms with van der Waals surface area (Å²) in [5, 5.41) is 13.1. The van der Waals surface area contributed by atoms with Gasteiger partial charge in [0.05, 0.1) is 19.2 Å². The topological polar surface area (TPSA) is 80.2 Å².